The van der Waals surface area contributed by atoms with Crippen molar-refractivity contribution in [1.29, 1.82) is 0 Å². The summed E-state index contributed by atoms with van der Waals surface area (Å²) in [7, 11) is 0. The van der Waals surface area contributed by atoms with E-state index in [9.17, 15) is 5.11 Å². The largest absolute Gasteiger partial charge is 0.494 e. The van der Waals surface area contributed by atoms with Crippen molar-refractivity contribution in [2.75, 3.05) is 6.61 Å². The second kappa shape index (κ2) is 6.84. The highest BCUT2D eigenvalue weighted by Gasteiger charge is 2.09. The quantitative estimate of drug-likeness (QED) is 0.707. The summed E-state index contributed by atoms with van der Waals surface area (Å²) in [5.74, 6) is 1.61. The molecule has 0 fully saturated rings. The number of aryl methyl sites for hydroxylation is 3. The Labute approximate surface area is 136 Å². The molecular formula is C19H22N2O2. The first kappa shape index (κ1) is 15.6. The van der Waals surface area contributed by atoms with Crippen LogP contribution in [-0.4, -0.2) is 21.3 Å². The third-order valence-electron chi connectivity index (χ3n) is 4.15. The maximum Gasteiger partial charge on any atom is 0.135 e. The zero-order chi connectivity index (χ0) is 16.2. The van der Waals surface area contributed by atoms with E-state index in [1.807, 2.05) is 30.3 Å². The Hall–Kier alpha value is -2.33. The number of imidazole rings is 1. The van der Waals surface area contributed by atoms with Gasteiger partial charge in [-0.05, 0) is 55.7 Å². The second-order valence-corrected chi connectivity index (χ2v) is 5.77. The molecule has 0 bridgehead atoms. The number of aromatic nitrogens is 2. The van der Waals surface area contributed by atoms with Crippen LogP contribution in [0.1, 0.15) is 23.4 Å². The molecule has 0 aliphatic carbocycles. The first-order valence-corrected chi connectivity index (χ1v) is 7.94. The van der Waals surface area contributed by atoms with Crippen LogP contribution in [0.3, 0.4) is 0 Å². The molecule has 120 valence electrons. The van der Waals surface area contributed by atoms with Gasteiger partial charge in [-0.25, -0.2) is 4.98 Å². The van der Waals surface area contributed by atoms with Crippen molar-refractivity contribution < 1.29 is 9.84 Å². The summed E-state index contributed by atoms with van der Waals surface area (Å²) in [6.07, 6.45) is 0.861. The van der Waals surface area contributed by atoms with Gasteiger partial charge in [-0.1, -0.05) is 18.2 Å². The lowest BCUT2D eigenvalue weighted by Crippen LogP contribution is -2.08. The van der Waals surface area contributed by atoms with Crippen molar-refractivity contribution in [3.05, 3.63) is 59.4 Å². The number of hydrogen-bond donors (Lipinski definition) is 1. The predicted octanol–water partition coefficient (Wildman–Crippen LogP) is 3.61. The number of aliphatic hydroxyl groups excluding tert-OH is 1. The Bertz CT molecular complexity index is 808. The number of rotatable bonds is 6. The maximum atomic E-state index is 9.50. The Morgan fingerprint density at radius 1 is 1.09 bits per heavy atom. The van der Waals surface area contributed by atoms with Gasteiger partial charge in [0.2, 0.25) is 0 Å². The summed E-state index contributed by atoms with van der Waals surface area (Å²) >= 11 is 0. The molecule has 23 heavy (non-hydrogen) atoms. The van der Waals surface area contributed by atoms with E-state index in [-0.39, 0.29) is 6.61 Å². The van der Waals surface area contributed by atoms with Gasteiger partial charge in [0, 0.05) is 6.54 Å². The number of hydrogen-bond acceptors (Lipinski definition) is 3. The highest BCUT2D eigenvalue weighted by molar-refractivity contribution is 5.75. The van der Waals surface area contributed by atoms with E-state index in [2.05, 4.69) is 35.5 Å². The van der Waals surface area contributed by atoms with Gasteiger partial charge in [-0.3, -0.25) is 0 Å². The maximum absolute atomic E-state index is 9.50. The fourth-order valence-corrected chi connectivity index (χ4v) is 2.71. The minimum Gasteiger partial charge on any atom is -0.494 e. The fraction of sp³-hybridized carbons (Fsp3) is 0.316. The average Bonchev–Trinajstić information content (AvgIpc) is 2.92. The molecule has 1 heterocycles. The number of para-hydroxylation sites is 2. The van der Waals surface area contributed by atoms with Crippen LogP contribution >= 0.6 is 0 Å². The summed E-state index contributed by atoms with van der Waals surface area (Å²) < 4.78 is 7.90. The molecule has 0 atom stereocenters. The van der Waals surface area contributed by atoms with Gasteiger partial charge in [0.1, 0.15) is 18.2 Å². The van der Waals surface area contributed by atoms with Gasteiger partial charge in [-0.15, -0.1) is 0 Å². The molecule has 4 nitrogen and oxygen atoms in total. The molecule has 0 saturated carbocycles. The van der Waals surface area contributed by atoms with E-state index in [0.717, 1.165) is 29.7 Å². The molecule has 1 N–H and O–H groups in total. The molecule has 3 aromatic rings. The summed E-state index contributed by atoms with van der Waals surface area (Å²) in [5, 5.41) is 9.50. The molecule has 0 radical (unpaired) electrons. The molecule has 1 aromatic heterocycles. The Kier molecular flexibility index (Phi) is 4.63. The Morgan fingerprint density at radius 2 is 1.91 bits per heavy atom. The van der Waals surface area contributed by atoms with E-state index < -0.39 is 0 Å². The lowest BCUT2D eigenvalue weighted by atomic mass is 10.1. The van der Waals surface area contributed by atoms with Crippen LogP contribution in [0.5, 0.6) is 5.75 Å². The highest BCUT2D eigenvalue weighted by Crippen LogP contribution is 2.18. The van der Waals surface area contributed by atoms with Gasteiger partial charge < -0.3 is 14.4 Å². The van der Waals surface area contributed by atoms with Crippen LogP contribution in [0.25, 0.3) is 11.0 Å². The monoisotopic (exact) mass is 310 g/mol. The lowest BCUT2D eigenvalue weighted by Gasteiger charge is -2.10. The van der Waals surface area contributed by atoms with E-state index in [1.165, 1.54) is 11.1 Å². The van der Waals surface area contributed by atoms with Gasteiger partial charge >= 0.3 is 0 Å². The minimum absolute atomic E-state index is 0.0489. The van der Waals surface area contributed by atoms with Crippen molar-refractivity contribution >= 4 is 11.0 Å². The summed E-state index contributed by atoms with van der Waals surface area (Å²) in [5.41, 5.74) is 4.50. The van der Waals surface area contributed by atoms with Crippen LogP contribution in [0.15, 0.2) is 42.5 Å². The van der Waals surface area contributed by atoms with Crippen molar-refractivity contribution in [2.24, 2.45) is 0 Å². The fourth-order valence-electron chi connectivity index (χ4n) is 2.71. The molecule has 0 amide bonds. The van der Waals surface area contributed by atoms with Crippen LogP contribution in [0, 0.1) is 13.8 Å². The van der Waals surface area contributed by atoms with Crippen molar-refractivity contribution in [1.82, 2.24) is 9.55 Å². The van der Waals surface area contributed by atoms with Crippen LogP contribution in [0.2, 0.25) is 0 Å². The van der Waals surface area contributed by atoms with E-state index >= 15 is 0 Å². The number of aliphatic hydroxyl groups is 1. The summed E-state index contributed by atoms with van der Waals surface area (Å²) in [6.45, 7) is 5.56. The molecule has 0 unspecified atom stereocenters. The first-order chi connectivity index (χ1) is 11.2. The van der Waals surface area contributed by atoms with Crippen LogP contribution in [0.4, 0.5) is 0 Å². The van der Waals surface area contributed by atoms with Crippen molar-refractivity contribution in [3.63, 3.8) is 0 Å². The van der Waals surface area contributed by atoms with Gasteiger partial charge in [0.25, 0.3) is 0 Å². The molecule has 3 rings (SSSR count). The highest BCUT2D eigenvalue weighted by atomic mass is 16.5. The second-order valence-electron chi connectivity index (χ2n) is 5.77. The predicted molar refractivity (Wildman–Crippen MR) is 91.7 cm³/mol. The number of fused-ring (bicyclic) bond motifs is 1. The third kappa shape index (κ3) is 3.37. The first-order valence-electron chi connectivity index (χ1n) is 7.94. The third-order valence-corrected chi connectivity index (χ3v) is 4.15. The Balaban J connectivity index is 1.63. The standard InChI is InChI=1S/C19H22N2O2/c1-14-8-9-16(12-15(14)2)23-11-5-10-21-18-7-4-3-6-17(18)20-19(21)13-22/h3-4,6-9,12,22H,5,10-11,13H2,1-2H3. The number of ether oxygens (including phenoxy) is 1. The number of nitrogens with zero attached hydrogens (tertiary/aromatic N) is 2. The van der Waals surface area contributed by atoms with Gasteiger partial charge in [0.15, 0.2) is 0 Å². The minimum atomic E-state index is -0.0489. The smallest absolute Gasteiger partial charge is 0.135 e. The van der Waals surface area contributed by atoms with E-state index in [0.29, 0.717) is 12.4 Å². The molecular weight excluding hydrogens is 288 g/mol. The molecule has 0 spiro atoms. The topological polar surface area (TPSA) is 47.3 Å². The number of benzene rings is 2. The van der Waals surface area contributed by atoms with Gasteiger partial charge in [-0.2, -0.15) is 0 Å². The normalized spacial score (nSPS) is 11.1. The molecule has 2 aromatic carbocycles. The Morgan fingerprint density at radius 3 is 2.70 bits per heavy atom. The molecule has 0 aliphatic rings. The average molecular weight is 310 g/mol. The van der Waals surface area contributed by atoms with Crippen LogP contribution in [-0.2, 0) is 13.2 Å². The van der Waals surface area contributed by atoms with E-state index in [1.54, 1.807) is 0 Å². The molecule has 0 saturated heterocycles. The van der Waals surface area contributed by atoms with E-state index in [4.69, 9.17) is 4.74 Å². The zero-order valence-corrected chi connectivity index (χ0v) is 13.6. The van der Waals surface area contributed by atoms with Crippen molar-refractivity contribution in [2.45, 2.75) is 33.4 Å². The molecule has 4 heteroatoms. The van der Waals surface area contributed by atoms with Crippen LogP contribution < -0.4 is 4.74 Å². The van der Waals surface area contributed by atoms with Crippen molar-refractivity contribution in [3.8, 4) is 5.75 Å². The zero-order valence-electron chi connectivity index (χ0n) is 13.6. The SMILES string of the molecule is Cc1ccc(OCCCn2c(CO)nc3ccccc32)cc1C. The summed E-state index contributed by atoms with van der Waals surface area (Å²) in [4.78, 5) is 4.46. The lowest BCUT2D eigenvalue weighted by molar-refractivity contribution is 0.261. The molecule has 0 aliphatic heterocycles. The summed E-state index contributed by atoms with van der Waals surface area (Å²) in [6, 6.07) is 14.1. The van der Waals surface area contributed by atoms with Gasteiger partial charge in [0.05, 0.1) is 17.6 Å².